The van der Waals surface area contributed by atoms with Crippen LogP contribution in [-0.2, 0) is 17.8 Å². The molecule has 0 atom stereocenters. The molecule has 0 fully saturated rings. The van der Waals surface area contributed by atoms with Gasteiger partial charge in [0.15, 0.2) is 11.5 Å². The fraction of sp³-hybridized carbons (Fsp3) is 0.211. The second kappa shape index (κ2) is 7.67. The Balaban J connectivity index is 1.44. The van der Waals surface area contributed by atoms with Gasteiger partial charge in [-0.25, -0.2) is 9.97 Å². The first-order valence-electron chi connectivity index (χ1n) is 8.47. The summed E-state index contributed by atoms with van der Waals surface area (Å²) in [5.41, 5.74) is 1.58. The van der Waals surface area contributed by atoms with Crippen molar-refractivity contribution >= 4 is 17.5 Å². The maximum Gasteiger partial charge on any atom is 0.224 e. The molecule has 1 amide bonds. The van der Waals surface area contributed by atoms with E-state index in [1.54, 1.807) is 35.4 Å². The average Bonchev–Trinajstić information content (AvgIpc) is 3.22. The van der Waals surface area contributed by atoms with Crippen molar-refractivity contribution in [3.05, 3.63) is 65.3 Å². The minimum Gasteiger partial charge on any atom is -0.486 e. The minimum absolute atomic E-state index is 0.144. The standard InChI is InChI=1S/C19H17ClN4O3/c20-15-10-17-16(26-6-7-27-17)8-14(15)9-18(25)23-11-13-2-1-3-22-19(13)24-5-4-21-12-24/h1-5,8,10,12H,6-7,9,11H2,(H,23,25). The number of ether oxygens (including phenoxy) is 2. The molecule has 1 aromatic carbocycles. The first-order chi connectivity index (χ1) is 13.2. The smallest absolute Gasteiger partial charge is 0.224 e. The number of nitrogens with one attached hydrogen (secondary N) is 1. The number of pyridine rings is 1. The van der Waals surface area contributed by atoms with Crippen molar-refractivity contribution in [1.29, 1.82) is 0 Å². The Morgan fingerprint density at radius 3 is 2.78 bits per heavy atom. The van der Waals surface area contributed by atoms with Gasteiger partial charge in [-0.15, -0.1) is 0 Å². The fourth-order valence-corrected chi connectivity index (χ4v) is 3.08. The molecule has 8 heteroatoms. The summed E-state index contributed by atoms with van der Waals surface area (Å²) in [5, 5.41) is 3.40. The van der Waals surface area contributed by atoms with Crippen LogP contribution in [0, 0.1) is 0 Å². The quantitative estimate of drug-likeness (QED) is 0.731. The number of halogens is 1. The molecule has 0 saturated heterocycles. The number of hydrogen-bond acceptors (Lipinski definition) is 5. The van der Waals surface area contributed by atoms with Crippen molar-refractivity contribution in [3.8, 4) is 17.3 Å². The van der Waals surface area contributed by atoms with Crippen LogP contribution < -0.4 is 14.8 Å². The van der Waals surface area contributed by atoms with Crippen LogP contribution in [0.15, 0.2) is 49.2 Å². The van der Waals surface area contributed by atoms with Crippen molar-refractivity contribution < 1.29 is 14.3 Å². The van der Waals surface area contributed by atoms with Gasteiger partial charge in [-0.1, -0.05) is 17.7 Å². The second-order valence-corrected chi connectivity index (χ2v) is 6.40. The number of amides is 1. The normalized spacial score (nSPS) is 12.6. The summed E-state index contributed by atoms with van der Waals surface area (Å²) in [4.78, 5) is 20.8. The van der Waals surface area contributed by atoms with E-state index < -0.39 is 0 Å². The van der Waals surface area contributed by atoms with Gasteiger partial charge in [-0.2, -0.15) is 0 Å². The molecular formula is C19H17ClN4O3. The van der Waals surface area contributed by atoms with E-state index in [2.05, 4.69) is 15.3 Å². The van der Waals surface area contributed by atoms with E-state index in [0.29, 0.717) is 41.8 Å². The molecule has 1 N–H and O–H groups in total. The molecule has 3 heterocycles. The summed E-state index contributed by atoms with van der Waals surface area (Å²) >= 11 is 6.28. The molecule has 1 aliphatic heterocycles. The lowest BCUT2D eigenvalue weighted by Gasteiger charge is -2.19. The molecule has 0 bridgehead atoms. The lowest BCUT2D eigenvalue weighted by molar-refractivity contribution is -0.120. The Morgan fingerprint density at radius 1 is 1.19 bits per heavy atom. The first-order valence-corrected chi connectivity index (χ1v) is 8.85. The van der Waals surface area contributed by atoms with Gasteiger partial charge in [-0.3, -0.25) is 9.36 Å². The van der Waals surface area contributed by atoms with Crippen molar-refractivity contribution in [2.45, 2.75) is 13.0 Å². The average molecular weight is 385 g/mol. The van der Waals surface area contributed by atoms with Crippen LogP contribution in [0.3, 0.4) is 0 Å². The largest absolute Gasteiger partial charge is 0.486 e. The Kier molecular flexibility index (Phi) is 4.93. The molecule has 0 radical (unpaired) electrons. The number of carbonyl (C=O) groups is 1. The zero-order chi connectivity index (χ0) is 18.6. The Hall–Kier alpha value is -3.06. The molecule has 0 spiro atoms. The third kappa shape index (κ3) is 3.88. The monoisotopic (exact) mass is 384 g/mol. The van der Waals surface area contributed by atoms with Crippen LogP contribution >= 0.6 is 11.6 Å². The van der Waals surface area contributed by atoms with Crippen LogP contribution in [0.5, 0.6) is 11.5 Å². The van der Waals surface area contributed by atoms with Crippen molar-refractivity contribution in [2.24, 2.45) is 0 Å². The highest BCUT2D eigenvalue weighted by molar-refractivity contribution is 6.31. The summed E-state index contributed by atoms with van der Waals surface area (Å²) < 4.78 is 12.9. The molecule has 7 nitrogen and oxygen atoms in total. The second-order valence-electron chi connectivity index (χ2n) is 6.00. The predicted molar refractivity (Wildman–Crippen MR) is 99.4 cm³/mol. The number of benzene rings is 1. The van der Waals surface area contributed by atoms with Gasteiger partial charge in [0.25, 0.3) is 0 Å². The number of carbonyl (C=O) groups excluding carboxylic acids is 1. The third-order valence-corrected chi connectivity index (χ3v) is 4.51. The maximum absolute atomic E-state index is 12.4. The van der Waals surface area contributed by atoms with Crippen LogP contribution in [-0.4, -0.2) is 33.7 Å². The number of rotatable bonds is 5. The summed E-state index contributed by atoms with van der Waals surface area (Å²) in [6.07, 6.45) is 7.01. The lowest BCUT2D eigenvalue weighted by atomic mass is 10.1. The predicted octanol–water partition coefficient (Wildman–Crippen LogP) is 2.55. The maximum atomic E-state index is 12.4. The van der Waals surface area contributed by atoms with Crippen LogP contribution in [0.4, 0.5) is 0 Å². The van der Waals surface area contributed by atoms with Gasteiger partial charge < -0.3 is 14.8 Å². The fourth-order valence-electron chi connectivity index (χ4n) is 2.86. The Bertz CT molecular complexity index is 960. The number of nitrogens with zero attached hydrogens (tertiary/aromatic N) is 3. The number of aromatic nitrogens is 3. The van der Waals surface area contributed by atoms with Gasteiger partial charge in [0, 0.05) is 41.8 Å². The number of fused-ring (bicyclic) bond motifs is 1. The van der Waals surface area contributed by atoms with E-state index in [9.17, 15) is 4.79 Å². The Morgan fingerprint density at radius 2 is 2.00 bits per heavy atom. The molecular weight excluding hydrogens is 368 g/mol. The molecule has 3 aromatic rings. The highest BCUT2D eigenvalue weighted by atomic mass is 35.5. The summed E-state index contributed by atoms with van der Waals surface area (Å²) in [6.45, 7) is 1.33. The molecule has 1 aliphatic rings. The van der Waals surface area contributed by atoms with E-state index in [4.69, 9.17) is 21.1 Å². The minimum atomic E-state index is -0.144. The van der Waals surface area contributed by atoms with Crippen LogP contribution in [0.1, 0.15) is 11.1 Å². The van der Waals surface area contributed by atoms with Gasteiger partial charge in [-0.05, 0) is 17.7 Å². The molecule has 2 aromatic heterocycles. The molecule has 0 unspecified atom stereocenters. The van der Waals surface area contributed by atoms with E-state index in [0.717, 1.165) is 11.4 Å². The third-order valence-electron chi connectivity index (χ3n) is 4.15. The molecule has 27 heavy (non-hydrogen) atoms. The molecule has 138 valence electrons. The van der Waals surface area contributed by atoms with Crippen molar-refractivity contribution in [2.75, 3.05) is 13.2 Å². The van der Waals surface area contributed by atoms with Gasteiger partial charge in [0.2, 0.25) is 5.91 Å². The van der Waals surface area contributed by atoms with Crippen LogP contribution in [0.25, 0.3) is 5.82 Å². The number of imidazole rings is 1. The summed E-state index contributed by atoms with van der Waals surface area (Å²) in [5.74, 6) is 1.81. The first kappa shape index (κ1) is 17.4. The summed E-state index contributed by atoms with van der Waals surface area (Å²) in [6, 6.07) is 7.20. The van der Waals surface area contributed by atoms with E-state index in [1.807, 2.05) is 18.3 Å². The lowest BCUT2D eigenvalue weighted by Crippen LogP contribution is -2.25. The molecule has 0 saturated carbocycles. The van der Waals surface area contributed by atoms with Gasteiger partial charge in [0.05, 0.1) is 6.42 Å². The zero-order valence-corrected chi connectivity index (χ0v) is 15.1. The van der Waals surface area contributed by atoms with Gasteiger partial charge in [0.1, 0.15) is 25.4 Å². The van der Waals surface area contributed by atoms with Crippen LogP contribution in [0.2, 0.25) is 5.02 Å². The SMILES string of the molecule is O=C(Cc1cc2c(cc1Cl)OCCO2)NCc1cccnc1-n1ccnc1. The summed E-state index contributed by atoms with van der Waals surface area (Å²) in [7, 11) is 0. The highest BCUT2D eigenvalue weighted by Gasteiger charge is 2.17. The van der Waals surface area contributed by atoms with E-state index in [1.165, 1.54) is 0 Å². The zero-order valence-electron chi connectivity index (χ0n) is 14.4. The van der Waals surface area contributed by atoms with Crippen molar-refractivity contribution in [1.82, 2.24) is 19.9 Å². The van der Waals surface area contributed by atoms with E-state index in [-0.39, 0.29) is 12.3 Å². The van der Waals surface area contributed by atoms with Gasteiger partial charge >= 0.3 is 0 Å². The molecule has 4 rings (SSSR count). The topological polar surface area (TPSA) is 78.3 Å². The molecule has 0 aliphatic carbocycles. The van der Waals surface area contributed by atoms with Crippen molar-refractivity contribution in [3.63, 3.8) is 0 Å². The Labute approximate surface area is 160 Å². The highest BCUT2D eigenvalue weighted by Crippen LogP contribution is 2.35. The van der Waals surface area contributed by atoms with E-state index >= 15 is 0 Å². The number of hydrogen-bond donors (Lipinski definition) is 1.